The lowest BCUT2D eigenvalue weighted by atomic mass is 10.0. The number of aromatic nitrogens is 1. The number of aryl methyl sites for hydroxylation is 2. The first kappa shape index (κ1) is 21.2. The Hall–Kier alpha value is -3.10. The molecule has 0 fully saturated rings. The molecule has 2 rings (SSSR count). The van der Waals surface area contributed by atoms with Gasteiger partial charge in [0.2, 0.25) is 0 Å². The summed E-state index contributed by atoms with van der Waals surface area (Å²) in [5.41, 5.74) is 1.85. The largest absolute Gasteiger partial charge is 0.484 e. The molecule has 1 N–H and O–H groups in total. The molecule has 0 radical (unpaired) electrons. The van der Waals surface area contributed by atoms with Crippen molar-refractivity contribution in [3.8, 4) is 5.75 Å². The molecule has 1 aromatic carbocycles. The Bertz CT molecular complexity index is 857. The zero-order valence-corrected chi connectivity index (χ0v) is 15.5. The third kappa shape index (κ3) is 5.45. The number of ether oxygens (including phenoxy) is 1. The lowest BCUT2D eigenvalue weighted by molar-refractivity contribution is -0.153. The van der Waals surface area contributed by atoms with Crippen molar-refractivity contribution in [1.29, 1.82) is 0 Å². The van der Waals surface area contributed by atoms with Crippen LogP contribution >= 0.6 is 0 Å². The minimum atomic E-state index is -4.42. The smallest absolute Gasteiger partial charge is 0.422 e. The van der Waals surface area contributed by atoms with Gasteiger partial charge in [0.25, 0.3) is 5.91 Å². The number of carbonyl (C=O) groups excluding carboxylic acids is 1. The molecule has 1 aromatic heterocycles. The molecule has 0 spiro atoms. The van der Waals surface area contributed by atoms with E-state index in [0.29, 0.717) is 11.1 Å². The minimum Gasteiger partial charge on any atom is -0.484 e. The van der Waals surface area contributed by atoms with Crippen LogP contribution < -0.4 is 4.74 Å². The van der Waals surface area contributed by atoms with Crippen molar-refractivity contribution in [2.45, 2.75) is 26.6 Å². The van der Waals surface area contributed by atoms with Gasteiger partial charge in [0.05, 0.1) is 5.56 Å². The fraction of sp³-hybridized carbons (Fsp3) is 0.316. The van der Waals surface area contributed by atoms with Crippen LogP contribution in [-0.2, 0) is 6.54 Å². The highest BCUT2D eigenvalue weighted by molar-refractivity contribution is 5.94. The highest BCUT2D eigenvalue weighted by Gasteiger charge is 2.29. The molecule has 2 aromatic rings. The monoisotopic (exact) mass is 396 g/mol. The van der Waals surface area contributed by atoms with Crippen LogP contribution in [0, 0.1) is 13.8 Å². The van der Waals surface area contributed by atoms with Crippen molar-refractivity contribution >= 4 is 11.9 Å². The van der Waals surface area contributed by atoms with Crippen LogP contribution in [0.5, 0.6) is 5.75 Å². The van der Waals surface area contributed by atoms with Crippen molar-refractivity contribution in [2.24, 2.45) is 0 Å². The Morgan fingerprint density at radius 2 is 1.79 bits per heavy atom. The molecule has 0 unspecified atom stereocenters. The van der Waals surface area contributed by atoms with E-state index >= 15 is 0 Å². The van der Waals surface area contributed by atoms with Crippen LogP contribution in [0.1, 0.15) is 37.5 Å². The second-order valence-corrected chi connectivity index (χ2v) is 6.36. The van der Waals surface area contributed by atoms with Crippen LogP contribution in [0.2, 0.25) is 0 Å². The molecule has 9 heteroatoms. The molecule has 0 saturated carbocycles. The first-order valence-corrected chi connectivity index (χ1v) is 8.22. The third-order valence-electron chi connectivity index (χ3n) is 3.90. The fourth-order valence-electron chi connectivity index (χ4n) is 2.73. The summed E-state index contributed by atoms with van der Waals surface area (Å²) in [4.78, 5) is 28.4. The van der Waals surface area contributed by atoms with Gasteiger partial charge in [-0.15, -0.1) is 0 Å². The van der Waals surface area contributed by atoms with E-state index in [9.17, 15) is 22.8 Å². The van der Waals surface area contributed by atoms with E-state index in [1.165, 1.54) is 23.2 Å². The molecule has 0 aliphatic carbocycles. The molecule has 0 aliphatic heterocycles. The molecule has 1 amide bonds. The van der Waals surface area contributed by atoms with E-state index in [-0.39, 0.29) is 29.5 Å². The number of aromatic carboxylic acids is 1. The molecular weight excluding hydrogens is 377 g/mol. The maximum absolute atomic E-state index is 12.5. The summed E-state index contributed by atoms with van der Waals surface area (Å²) >= 11 is 0. The van der Waals surface area contributed by atoms with Crippen LogP contribution in [0.25, 0.3) is 0 Å². The number of amides is 1. The van der Waals surface area contributed by atoms with Gasteiger partial charge in [-0.05, 0) is 42.7 Å². The number of nitrogens with zero attached hydrogens (tertiary/aromatic N) is 2. The first-order chi connectivity index (χ1) is 13.0. The number of rotatable bonds is 6. The normalized spacial score (nSPS) is 11.2. The number of hydrogen-bond acceptors (Lipinski definition) is 4. The van der Waals surface area contributed by atoms with Gasteiger partial charge >= 0.3 is 12.1 Å². The zero-order valence-electron chi connectivity index (χ0n) is 15.5. The molecule has 0 saturated heterocycles. The molecule has 6 nitrogen and oxygen atoms in total. The standard InChI is InChI=1S/C19H19F3N2O4/c1-11-6-13(7-12(2)16(11)28-10-19(20,21)22)9-24(3)17(25)14-4-5-15(18(26)27)23-8-14/h4-8H,9-10H2,1-3H3,(H,26,27). The van der Waals surface area contributed by atoms with Gasteiger partial charge in [0.1, 0.15) is 11.4 Å². The summed E-state index contributed by atoms with van der Waals surface area (Å²) in [6.45, 7) is 2.11. The van der Waals surface area contributed by atoms with Gasteiger partial charge in [-0.1, -0.05) is 12.1 Å². The van der Waals surface area contributed by atoms with Gasteiger partial charge in [-0.2, -0.15) is 13.2 Å². The number of alkyl halides is 3. The minimum absolute atomic E-state index is 0.167. The first-order valence-electron chi connectivity index (χ1n) is 8.22. The zero-order chi connectivity index (χ0) is 21.1. The van der Waals surface area contributed by atoms with E-state index in [1.54, 1.807) is 33.0 Å². The number of carboxylic acid groups (broad SMARTS) is 1. The number of carbonyl (C=O) groups is 2. The number of hydrogen-bond donors (Lipinski definition) is 1. The Morgan fingerprint density at radius 3 is 2.25 bits per heavy atom. The van der Waals surface area contributed by atoms with Gasteiger partial charge in [0, 0.05) is 19.8 Å². The summed E-state index contributed by atoms with van der Waals surface area (Å²) in [6, 6.07) is 5.94. The van der Waals surface area contributed by atoms with Gasteiger partial charge in [0.15, 0.2) is 6.61 Å². The average Bonchev–Trinajstić information content (AvgIpc) is 2.59. The maximum Gasteiger partial charge on any atom is 0.422 e. The average molecular weight is 396 g/mol. The number of pyridine rings is 1. The number of carboxylic acids is 1. The summed E-state index contributed by atoms with van der Waals surface area (Å²) in [6.07, 6.45) is -3.23. The highest BCUT2D eigenvalue weighted by Crippen LogP contribution is 2.27. The van der Waals surface area contributed by atoms with Crippen molar-refractivity contribution < 1.29 is 32.6 Å². The summed E-state index contributed by atoms with van der Waals surface area (Å²) in [5, 5.41) is 8.84. The Morgan fingerprint density at radius 1 is 1.18 bits per heavy atom. The predicted octanol–water partition coefficient (Wildman–Crippen LogP) is 3.61. The van der Waals surface area contributed by atoms with E-state index in [0.717, 1.165) is 5.56 Å². The van der Waals surface area contributed by atoms with Crippen LogP contribution in [0.4, 0.5) is 13.2 Å². The quantitative estimate of drug-likeness (QED) is 0.807. The second-order valence-electron chi connectivity index (χ2n) is 6.36. The molecular formula is C19H19F3N2O4. The van der Waals surface area contributed by atoms with Crippen LogP contribution in [0.3, 0.4) is 0 Å². The maximum atomic E-state index is 12.5. The van der Waals surface area contributed by atoms with Crippen molar-refractivity contribution in [3.63, 3.8) is 0 Å². The van der Waals surface area contributed by atoms with E-state index in [1.807, 2.05) is 0 Å². The summed E-state index contributed by atoms with van der Waals surface area (Å²) in [5.74, 6) is -1.38. The van der Waals surface area contributed by atoms with Crippen molar-refractivity contribution in [2.75, 3.05) is 13.7 Å². The van der Waals surface area contributed by atoms with Crippen molar-refractivity contribution in [3.05, 3.63) is 58.4 Å². The summed E-state index contributed by atoms with van der Waals surface area (Å²) in [7, 11) is 1.56. The third-order valence-corrected chi connectivity index (χ3v) is 3.90. The van der Waals surface area contributed by atoms with E-state index in [4.69, 9.17) is 9.84 Å². The van der Waals surface area contributed by atoms with Crippen LogP contribution in [0.15, 0.2) is 30.5 Å². The predicted molar refractivity (Wildman–Crippen MR) is 94.5 cm³/mol. The molecule has 0 aliphatic rings. The molecule has 1 heterocycles. The highest BCUT2D eigenvalue weighted by atomic mass is 19.4. The number of benzene rings is 1. The van der Waals surface area contributed by atoms with Gasteiger partial charge < -0.3 is 14.7 Å². The second kappa shape index (κ2) is 8.28. The summed E-state index contributed by atoms with van der Waals surface area (Å²) < 4.78 is 42.0. The van der Waals surface area contributed by atoms with E-state index < -0.39 is 18.8 Å². The van der Waals surface area contributed by atoms with Gasteiger partial charge in [-0.25, -0.2) is 9.78 Å². The Labute approximate surface area is 159 Å². The van der Waals surface area contributed by atoms with Crippen molar-refractivity contribution in [1.82, 2.24) is 9.88 Å². The molecule has 0 bridgehead atoms. The topological polar surface area (TPSA) is 79.7 Å². The molecule has 150 valence electrons. The number of halogens is 3. The lowest BCUT2D eigenvalue weighted by Crippen LogP contribution is -2.26. The Balaban J connectivity index is 2.11. The Kier molecular flexibility index (Phi) is 6.27. The lowest BCUT2D eigenvalue weighted by Gasteiger charge is -2.20. The van der Waals surface area contributed by atoms with Gasteiger partial charge in [-0.3, -0.25) is 4.79 Å². The molecule has 0 atom stereocenters. The molecule has 28 heavy (non-hydrogen) atoms. The SMILES string of the molecule is Cc1cc(CN(C)C(=O)c2ccc(C(=O)O)nc2)cc(C)c1OCC(F)(F)F. The van der Waals surface area contributed by atoms with E-state index in [2.05, 4.69) is 4.98 Å². The fourth-order valence-corrected chi connectivity index (χ4v) is 2.73. The van der Waals surface area contributed by atoms with Crippen LogP contribution in [-0.4, -0.2) is 46.7 Å².